The zero-order valence-corrected chi connectivity index (χ0v) is 12.4. The molecule has 0 spiro atoms. The van der Waals surface area contributed by atoms with E-state index in [1.165, 1.54) is 31.2 Å². The zero-order valence-electron chi connectivity index (χ0n) is 11.6. The SMILES string of the molecule is C[C@@H](N)[C@@H](Cc1ccc(Cl)cc1)OCC1CCCC1. The van der Waals surface area contributed by atoms with Gasteiger partial charge in [-0.25, -0.2) is 0 Å². The molecule has 2 N–H and O–H groups in total. The Kier molecular flexibility index (Phi) is 5.68. The zero-order chi connectivity index (χ0) is 13.7. The van der Waals surface area contributed by atoms with Gasteiger partial charge in [0.05, 0.1) is 6.10 Å². The Morgan fingerprint density at radius 2 is 1.89 bits per heavy atom. The minimum absolute atomic E-state index is 0.0529. The summed E-state index contributed by atoms with van der Waals surface area (Å²) < 4.78 is 6.06. The molecular weight excluding hydrogens is 258 g/mol. The number of nitrogens with two attached hydrogens (primary N) is 1. The molecule has 3 heteroatoms. The van der Waals surface area contributed by atoms with E-state index in [2.05, 4.69) is 12.1 Å². The second kappa shape index (κ2) is 7.28. The summed E-state index contributed by atoms with van der Waals surface area (Å²) >= 11 is 5.90. The minimum Gasteiger partial charge on any atom is -0.376 e. The molecule has 0 bridgehead atoms. The Balaban J connectivity index is 1.86. The number of hydrogen-bond acceptors (Lipinski definition) is 2. The fourth-order valence-corrected chi connectivity index (χ4v) is 2.81. The monoisotopic (exact) mass is 281 g/mol. The smallest absolute Gasteiger partial charge is 0.0763 e. The van der Waals surface area contributed by atoms with E-state index in [-0.39, 0.29) is 12.1 Å². The van der Waals surface area contributed by atoms with Gasteiger partial charge < -0.3 is 10.5 Å². The van der Waals surface area contributed by atoms with Crippen LogP contribution in [0.3, 0.4) is 0 Å². The molecule has 0 amide bonds. The van der Waals surface area contributed by atoms with Crippen LogP contribution in [-0.2, 0) is 11.2 Å². The molecular formula is C16H24ClNO. The lowest BCUT2D eigenvalue weighted by molar-refractivity contribution is 0.0185. The van der Waals surface area contributed by atoms with Crippen molar-refractivity contribution in [2.24, 2.45) is 11.7 Å². The molecule has 1 aromatic rings. The van der Waals surface area contributed by atoms with E-state index in [9.17, 15) is 0 Å². The van der Waals surface area contributed by atoms with Crippen molar-refractivity contribution in [3.63, 3.8) is 0 Å². The van der Waals surface area contributed by atoms with Gasteiger partial charge in [0.1, 0.15) is 0 Å². The molecule has 1 saturated carbocycles. The van der Waals surface area contributed by atoms with E-state index in [1.807, 2.05) is 19.1 Å². The average Bonchev–Trinajstić information content (AvgIpc) is 2.89. The van der Waals surface area contributed by atoms with Gasteiger partial charge in [0.2, 0.25) is 0 Å². The Labute approximate surface area is 121 Å². The van der Waals surface area contributed by atoms with Crippen LogP contribution in [0, 0.1) is 5.92 Å². The summed E-state index contributed by atoms with van der Waals surface area (Å²) in [5.41, 5.74) is 7.28. The highest BCUT2D eigenvalue weighted by Gasteiger charge is 2.20. The van der Waals surface area contributed by atoms with Crippen LogP contribution >= 0.6 is 11.6 Å². The fraction of sp³-hybridized carbons (Fsp3) is 0.625. The number of hydrogen-bond donors (Lipinski definition) is 1. The third-order valence-corrected chi connectivity index (χ3v) is 4.21. The maximum Gasteiger partial charge on any atom is 0.0763 e. The van der Waals surface area contributed by atoms with Gasteiger partial charge in [-0.3, -0.25) is 0 Å². The van der Waals surface area contributed by atoms with Crippen LogP contribution < -0.4 is 5.73 Å². The third kappa shape index (κ3) is 4.79. The first-order valence-corrected chi connectivity index (χ1v) is 7.64. The highest BCUT2D eigenvalue weighted by atomic mass is 35.5. The first kappa shape index (κ1) is 14.8. The van der Waals surface area contributed by atoms with Crippen LogP contribution in [0.15, 0.2) is 24.3 Å². The summed E-state index contributed by atoms with van der Waals surface area (Å²) in [6.07, 6.45) is 6.30. The molecule has 0 aliphatic heterocycles. The molecule has 19 heavy (non-hydrogen) atoms. The highest BCUT2D eigenvalue weighted by molar-refractivity contribution is 6.30. The molecule has 2 rings (SSSR count). The standard InChI is InChI=1S/C16H24ClNO/c1-12(18)16(19-11-14-4-2-3-5-14)10-13-6-8-15(17)9-7-13/h6-9,12,14,16H,2-5,10-11,18H2,1H3/t12-,16-/m1/s1. The van der Waals surface area contributed by atoms with Crippen LogP contribution in [0.1, 0.15) is 38.2 Å². The number of benzene rings is 1. The Morgan fingerprint density at radius 3 is 2.47 bits per heavy atom. The van der Waals surface area contributed by atoms with Crippen LogP contribution in [-0.4, -0.2) is 18.8 Å². The summed E-state index contributed by atoms with van der Waals surface area (Å²) in [6, 6.07) is 8.00. The van der Waals surface area contributed by atoms with Gasteiger partial charge in [-0.1, -0.05) is 36.6 Å². The second-order valence-corrected chi connectivity index (χ2v) is 6.15. The van der Waals surface area contributed by atoms with Gasteiger partial charge in [0.15, 0.2) is 0 Å². The van der Waals surface area contributed by atoms with E-state index in [0.29, 0.717) is 0 Å². The molecule has 0 saturated heterocycles. The summed E-state index contributed by atoms with van der Waals surface area (Å²) in [5.74, 6) is 0.742. The van der Waals surface area contributed by atoms with Gasteiger partial charge in [-0.2, -0.15) is 0 Å². The topological polar surface area (TPSA) is 35.2 Å². The Bertz CT molecular complexity index is 371. The lowest BCUT2D eigenvalue weighted by Crippen LogP contribution is -2.36. The van der Waals surface area contributed by atoms with E-state index in [4.69, 9.17) is 22.1 Å². The lowest BCUT2D eigenvalue weighted by atomic mass is 10.0. The predicted molar refractivity (Wildman–Crippen MR) is 80.5 cm³/mol. The molecule has 1 aliphatic rings. The van der Waals surface area contributed by atoms with Gasteiger partial charge in [-0.15, -0.1) is 0 Å². The number of rotatable bonds is 6. The summed E-state index contributed by atoms with van der Waals surface area (Å²) in [4.78, 5) is 0. The molecule has 1 aliphatic carbocycles. The number of ether oxygens (including phenoxy) is 1. The van der Waals surface area contributed by atoms with Crippen molar-refractivity contribution in [1.82, 2.24) is 0 Å². The normalized spacial score (nSPS) is 19.5. The van der Waals surface area contributed by atoms with Crippen molar-refractivity contribution in [3.05, 3.63) is 34.9 Å². The van der Waals surface area contributed by atoms with Crippen molar-refractivity contribution in [3.8, 4) is 0 Å². The predicted octanol–water partition coefficient (Wildman–Crippen LogP) is 3.81. The molecule has 1 aromatic carbocycles. The molecule has 1 fully saturated rings. The molecule has 106 valence electrons. The third-order valence-electron chi connectivity index (χ3n) is 3.96. The van der Waals surface area contributed by atoms with Crippen molar-refractivity contribution in [1.29, 1.82) is 0 Å². The highest BCUT2D eigenvalue weighted by Crippen LogP contribution is 2.25. The van der Waals surface area contributed by atoms with Gasteiger partial charge in [-0.05, 0) is 43.4 Å². The maximum atomic E-state index is 6.06. The van der Waals surface area contributed by atoms with E-state index < -0.39 is 0 Å². The fourth-order valence-electron chi connectivity index (χ4n) is 2.69. The van der Waals surface area contributed by atoms with Gasteiger partial charge in [0, 0.05) is 24.1 Å². The van der Waals surface area contributed by atoms with Crippen LogP contribution in [0.25, 0.3) is 0 Å². The largest absolute Gasteiger partial charge is 0.376 e. The summed E-state index contributed by atoms with van der Waals surface area (Å²) in [7, 11) is 0. The Hall–Kier alpha value is -0.570. The quantitative estimate of drug-likeness (QED) is 0.861. The van der Waals surface area contributed by atoms with Gasteiger partial charge >= 0.3 is 0 Å². The van der Waals surface area contributed by atoms with Crippen LogP contribution in [0.2, 0.25) is 5.02 Å². The van der Waals surface area contributed by atoms with E-state index >= 15 is 0 Å². The first-order valence-electron chi connectivity index (χ1n) is 7.27. The van der Waals surface area contributed by atoms with Crippen LogP contribution in [0.5, 0.6) is 0 Å². The van der Waals surface area contributed by atoms with Crippen molar-refractivity contribution in [2.75, 3.05) is 6.61 Å². The molecule has 2 atom stereocenters. The van der Waals surface area contributed by atoms with E-state index in [0.717, 1.165) is 24.0 Å². The van der Waals surface area contributed by atoms with Crippen LogP contribution in [0.4, 0.5) is 0 Å². The molecule has 0 heterocycles. The van der Waals surface area contributed by atoms with E-state index in [1.54, 1.807) is 0 Å². The molecule has 0 unspecified atom stereocenters. The molecule has 2 nitrogen and oxygen atoms in total. The molecule has 0 radical (unpaired) electrons. The lowest BCUT2D eigenvalue weighted by Gasteiger charge is -2.23. The van der Waals surface area contributed by atoms with Gasteiger partial charge in [0.25, 0.3) is 0 Å². The van der Waals surface area contributed by atoms with Crippen molar-refractivity contribution in [2.45, 2.75) is 51.2 Å². The van der Waals surface area contributed by atoms with Crippen molar-refractivity contribution >= 4 is 11.6 Å². The molecule has 0 aromatic heterocycles. The maximum absolute atomic E-state index is 6.06. The first-order chi connectivity index (χ1) is 9.15. The Morgan fingerprint density at radius 1 is 1.26 bits per heavy atom. The summed E-state index contributed by atoms with van der Waals surface area (Å²) in [5, 5.41) is 0.771. The minimum atomic E-state index is 0.0529. The number of halogens is 1. The average molecular weight is 282 g/mol. The van der Waals surface area contributed by atoms with Crippen molar-refractivity contribution < 1.29 is 4.74 Å². The second-order valence-electron chi connectivity index (χ2n) is 5.71. The summed E-state index contributed by atoms with van der Waals surface area (Å²) in [6.45, 7) is 2.88.